The summed E-state index contributed by atoms with van der Waals surface area (Å²) in [6.45, 7) is 14.6. The Kier molecular flexibility index (Phi) is 4.71. The van der Waals surface area contributed by atoms with Crippen LogP contribution in [0.2, 0.25) is 0 Å². The van der Waals surface area contributed by atoms with Crippen molar-refractivity contribution in [1.29, 1.82) is 0 Å². The fraction of sp³-hybridized carbons (Fsp3) is 1.00. The molecule has 106 valence electrons. The number of nitrogens with zero attached hydrogens (tertiary/aromatic N) is 1. The molecule has 2 atom stereocenters. The van der Waals surface area contributed by atoms with E-state index in [4.69, 9.17) is 0 Å². The molecule has 1 saturated carbocycles. The van der Waals surface area contributed by atoms with Crippen molar-refractivity contribution in [2.75, 3.05) is 26.2 Å². The highest BCUT2D eigenvalue weighted by Crippen LogP contribution is 2.43. The van der Waals surface area contributed by atoms with Crippen molar-refractivity contribution in [2.24, 2.45) is 17.3 Å². The Morgan fingerprint density at radius 3 is 2.33 bits per heavy atom. The van der Waals surface area contributed by atoms with Crippen LogP contribution in [0.25, 0.3) is 0 Å². The number of hydrogen-bond donors (Lipinski definition) is 1. The van der Waals surface area contributed by atoms with Crippen LogP contribution in [-0.4, -0.2) is 37.1 Å². The van der Waals surface area contributed by atoms with Crippen LogP contribution in [0, 0.1) is 17.3 Å². The molecule has 1 N–H and O–H groups in total. The summed E-state index contributed by atoms with van der Waals surface area (Å²) in [4.78, 5) is 2.79. The number of hydrogen-bond acceptors (Lipinski definition) is 2. The molecule has 18 heavy (non-hydrogen) atoms. The number of nitrogens with one attached hydrogen (secondary N) is 1. The summed E-state index contributed by atoms with van der Waals surface area (Å²) in [5.41, 5.74) is 0.574. The molecule has 2 unspecified atom stereocenters. The third-order valence-electron chi connectivity index (χ3n) is 5.09. The molecule has 2 rings (SSSR count). The first-order valence-corrected chi connectivity index (χ1v) is 7.96. The van der Waals surface area contributed by atoms with E-state index in [1.165, 1.54) is 45.3 Å². The maximum absolute atomic E-state index is 3.51. The van der Waals surface area contributed by atoms with Crippen LogP contribution in [0.3, 0.4) is 0 Å². The Hall–Kier alpha value is -0.0800. The number of likely N-dealkylation sites (tertiary alicyclic amines) is 1. The van der Waals surface area contributed by atoms with Crippen molar-refractivity contribution in [1.82, 2.24) is 10.2 Å². The summed E-state index contributed by atoms with van der Waals surface area (Å²) in [5, 5.41) is 3.51. The fourth-order valence-electron chi connectivity index (χ4n) is 4.18. The lowest BCUT2D eigenvalue weighted by atomic mass is 9.90. The maximum Gasteiger partial charge on any atom is 0.0126 e. The monoisotopic (exact) mass is 252 g/mol. The maximum atomic E-state index is 3.51. The Morgan fingerprint density at radius 2 is 1.83 bits per heavy atom. The summed E-state index contributed by atoms with van der Waals surface area (Å²) in [6, 6.07) is 0.861. The second-order valence-corrected chi connectivity index (χ2v) is 7.40. The van der Waals surface area contributed by atoms with Crippen molar-refractivity contribution in [3.8, 4) is 0 Å². The van der Waals surface area contributed by atoms with E-state index in [1.54, 1.807) is 0 Å². The molecule has 1 saturated heterocycles. The van der Waals surface area contributed by atoms with Crippen molar-refractivity contribution < 1.29 is 0 Å². The van der Waals surface area contributed by atoms with Gasteiger partial charge >= 0.3 is 0 Å². The van der Waals surface area contributed by atoms with Crippen molar-refractivity contribution in [3.05, 3.63) is 0 Å². The molecule has 1 aliphatic carbocycles. The van der Waals surface area contributed by atoms with Crippen LogP contribution >= 0.6 is 0 Å². The summed E-state index contributed by atoms with van der Waals surface area (Å²) < 4.78 is 0. The molecule has 1 heterocycles. The van der Waals surface area contributed by atoms with Gasteiger partial charge in [0, 0.05) is 6.04 Å². The highest BCUT2D eigenvalue weighted by molar-refractivity contribution is 4.93. The first-order chi connectivity index (χ1) is 8.52. The van der Waals surface area contributed by atoms with Gasteiger partial charge in [0.05, 0.1) is 0 Å². The van der Waals surface area contributed by atoms with E-state index in [0.29, 0.717) is 5.41 Å². The number of rotatable bonds is 4. The normalized spacial score (nSPS) is 34.0. The average molecular weight is 252 g/mol. The third-order valence-corrected chi connectivity index (χ3v) is 5.09. The lowest BCUT2D eigenvalue weighted by Gasteiger charge is -2.38. The molecule has 0 aromatic heterocycles. The lowest BCUT2D eigenvalue weighted by molar-refractivity contribution is 0.109. The zero-order valence-electron chi connectivity index (χ0n) is 12.8. The minimum absolute atomic E-state index is 0.574. The van der Waals surface area contributed by atoms with E-state index in [0.717, 1.165) is 24.4 Å². The lowest BCUT2D eigenvalue weighted by Crippen LogP contribution is -2.44. The van der Waals surface area contributed by atoms with E-state index in [9.17, 15) is 0 Å². The highest BCUT2D eigenvalue weighted by atomic mass is 15.2. The molecule has 0 radical (unpaired) electrons. The molecular formula is C16H32N2. The number of piperidine rings is 1. The zero-order chi connectivity index (χ0) is 13.2. The van der Waals surface area contributed by atoms with Gasteiger partial charge in [-0.15, -0.1) is 0 Å². The first-order valence-electron chi connectivity index (χ1n) is 7.96. The fourth-order valence-corrected chi connectivity index (χ4v) is 4.18. The standard InChI is InChI=1S/C16H32N2/c1-5-17-12-14-6-8-18(9-7-14)15-11-16(3,4)10-13(15)2/h13-15,17H,5-12H2,1-4H3. The molecule has 2 heteroatoms. The largest absolute Gasteiger partial charge is 0.317 e. The van der Waals surface area contributed by atoms with Gasteiger partial charge in [-0.1, -0.05) is 27.7 Å². The van der Waals surface area contributed by atoms with Gasteiger partial charge in [-0.25, -0.2) is 0 Å². The Bertz CT molecular complexity index is 254. The summed E-state index contributed by atoms with van der Waals surface area (Å²) in [7, 11) is 0. The second kappa shape index (κ2) is 5.92. The van der Waals surface area contributed by atoms with Gasteiger partial charge in [0.15, 0.2) is 0 Å². The molecule has 2 fully saturated rings. The molecule has 2 nitrogen and oxygen atoms in total. The molecular weight excluding hydrogens is 220 g/mol. The highest BCUT2D eigenvalue weighted by Gasteiger charge is 2.40. The zero-order valence-corrected chi connectivity index (χ0v) is 12.8. The van der Waals surface area contributed by atoms with E-state index < -0.39 is 0 Å². The van der Waals surface area contributed by atoms with E-state index in [2.05, 4.69) is 37.9 Å². The van der Waals surface area contributed by atoms with E-state index >= 15 is 0 Å². The van der Waals surface area contributed by atoms with Gasteiger partial charge < -0.3 is 10.2 Å². The van der Waals surface area contributed by atoms with Gasteiger partial charge in [-0.05, 0) is 69.1 Å². The summed E-state index contributed by atoms with van der Waals surface area (Å²) >= 11 is 0. The van der Waals surface area contributed by atoms with E-state index in [-0.39, 0.29) is 0 Å². The van der Waals surface area contributed by atoms with Gasteiger partial charge in [-0.2, -0.15) is 0 Å². The quantitative estimate of drug-likeness (QED) is 0.827. The summed E-state index contributed by atoms with van der Waals surface area (Å²) in [6.07, 6.45) is 5.62. The van der Waals surface area contributed by atoms with Crippen LogP contribution in [-0.2, 0) is 0 Å². The van der Waals surface area contributed by atoms with Crippen molar-refractivity contribution in [2.45, 2.75) is 59.4 Å². The van der Waals surface area contributed by atoms with Gasteiger partial charge in [-0.3, -0.25) is 0 Å². The molecule has 0 spiro atoms. The molecule has 0 aromatic rings. The summed E-state index contributed by atoms with van der Waals surface area (Å²) in [5.74, 6) is 1.82. The van der Waals surface area contributed by atoms with Crippen molar-refractivity contribution in [3.63, 3.8) is 0 Å². The predicted octanol–water partition coefficient (Wildman–Crippen LogP) is 3.13. The third kappa shape index (κ3) is 3.48. The van der Waals surface area contributed by atoms with Crippen LogP contribution in [0.15, 0.2) is 0 Å². The Labute approximate surface area is 114 Å². The SMILES string of the molecule is CCNCC1CCN(C2CC(C)(C)CC2C)CC1. The average Bonchev–Trinajstić information content (AvgIpc) is 2.61. The first kappa shape index (κ1) is 14.3. The van der Waals surface area contributed by atoms with Crippen LogP contribution in [0.5, 0.6) is 0 Å². The molecule has 0 aromatic carbocycles. The van der Waals surface area contributed by atoms with Crippen molar-refractivity contribution >= 4 is 0 Å². The Morgan fingerprint density at radius 1 is 1.17 bits per heavy atom. The van der Waals surface area contributed by atoms with Gasteiger partial charge in [0.2, 0.25) is 0 Å². The van der Waals surface area contributed by atoms with Crippen LogP contribution < -0.4 is 5.32 Å². The van der Waals surface area contributed by atoms with E-state index in [1.807, 2.05) is 0 Å². The molecule has 1 aliphatic heterocycles. The van der Waals surface area contributed by atoms with Crippen LogP contribution in [0.1, 0.15) is 53.4 Å². The van der Waals surface area contributed by atoms with Crippen LogP contribution in [0.4, 0.5) is 0 Å². The molecule has 0 bridgehead atoms. The van der Waals surface area contributed by atoms with Gasteiger partial charge in [0.1, 0.15) is 0 Å². The smallest absolute Gasteiger partial charge is 0.0126 e. The predicted molar refractivity (Wildman–Crippen MR) is 78.8 cm³/mol. The topological polar surface area (TPSA) is 15.3 Å². The van der Waals surface area contributed by atoms with Gasteiger partial charge in [0.25, 0.3) is 0 Å². The molecule has 2 aliphatic rings. The molecule has 0 amide bonds. The minimum Gasteiger partial charge on any atom is -0.317 e. The minimum atomic E-state index is 0.574. The Balaban J connectivity index is 1.79. The second-order valence-electron chi connectivity index (χ2n) is 7.40.